The van der Waals surface area contributed by atoms with Crippen LogP contribution in [0.5, 0.6) is 0 Å². The van der Waals surface area contributed by atoms with E-state index in [1.165, 1.54) is 0 Å². The summed E-state index contributed by atoms with van der Waals surface area (Å²) in [7, 11) is 26.7. The number of ether oxygens (including phenoxy) is 4. The van der Waals surface area contributed by atoms with E-state index in [0.717, 1.165) is 0 Å². The van der Waals surface area contributed by atoms with Crippen molar-refractivity contribution in [2.45, 2.75) is 0 Å². The Balaban J connectivity index is -0.000000174. The van der Waals surface area contributed by atoms with E-state index >= 15 is 0 Å². The Hall–Kier alpha value is 1.79. The van der Waals surface area contributed by atoms with Crippen LogP contribution >= 0.6 is 35.9 Å². The molecule has 0 aromatic rings. The third-order valence-corrected chi connectivity index (χ3v) is 0.983. The first kappa shape index (κ1) is 23.9. The molecule has 9 heteroatoms. The van der Waals surface area contributed by atoms with E-state index < -0.39 is 13.7 Å². The van der Waals surface area contributed by atoms with Crippen LogP contribution < -0.4 is 0 Å². The molecule has 4 nitrogen and oxygen atoms in total. The van der Waals surface area contributed by atoms with Gasteiger partial charge in [-0.25, -0.2) is 0 Å². The molecule has 0 N–H and O–H groups in total. The molecule has 0 saturated heterocycles. The molecule has 0 aliphatic carbocycles. The van der Waals surface area contributed by atoms with Gasteiger partial charge in [-0.05, 0) is 0 Å². The minimum atomic E-state index is -3.13. The van der Waals surface area contributed by atoms with Crippen LogP contribution in [0.4, 0.5) is 0 Å². The fraction of sp³-hybridized carbons (Fsp3) is 1.00. The van der Waals surface area contributed by atoms with Gasteiger partial charge in [0.2, 0.25) is 0 Å². The quantitative estimate of drug-likeness (QED) is 0.462. The summed E-state index contributed by atoms with van der Waals surface area (Å²) < 4.78 is 18.6. The van der Waals surface area contributed by atoms with Gasteiger partial charge in [0, 0.05) is 28.4 Å². The van der Waals surface area contributed by atoms with Gasteiger partial charge in [0.05, 0.1) is 26.4 Å². The molecule has 0 unspecified atom stereocenters. The predicted octanol–water partition coefficient (Wildman–Crippen LogP) is 2.94. The Morgan fingerprint density at radius 3 is 0.765 bits per heavy atom. The predicted molar refractivity (Wildman–Crippen MR) is 76.7 cm³/mol. The molecule has 0 radical (unpaired) electrons. The first-order valence-corrected chi connectivity index (χ1v) is 16.2. The Morgan fingerprint density at radius 2 is 0.706 bits per heavy atom. The maximum atomic E-state index is 5.02. The molecule has 0 spiro atoms. The standard InChI is InChI=1S/2C4H10O2.Cl4Te/c2*1-5-3-4-6-2;1-5(2,3)4/h2*3-4H2,1-2H3;. The minimum absolute atomic E-state index is 0.691. The zero-order chi connectivity index (χ0) is 14.2. The van der Waals surface area contributed by atoms with Crippen LogP contribution in [0.15, 0.2) is 0 Å². The summed E-state index contributed by atoms with van der Waals surface area (Å²) in [6.45, 7) is 2.76. The Kier molecular flexibility index (Phi) is 28.2. The molecule has 0 atom stereocenters. The summed E-state index contributed by atoms with van der Waals surface area (Å²) in [4.78, 5) is 0. The number of hydrogen-bond acceptors (Lipinski definition) is 4. The van der Waals surface area contributed by atoms with E-state index in [0.29, 0.717) is 26.4 Å². The van der Waals surface area contributed by atoms with E-state index in [9.17, 15) is 0 Å². The van der Waals surface area contributed by atoms with Gasteiger partial charge in [0.1, 0.15) is 0 Å². The van der Waals surface area contributed by atoms with E-state index in [-0.39, 0.29) is 0 Å². The Bertz CT molecular complexity index is 105. The summed E-state index contributed by atoms with van der Waals surface area (Å²) in [5, 5.41) is 0. The molecular weight excluding hydrogens is 429 g/mol. The van der Waals surface area contributed by atoms with Gasteiger partial charge in [0.15, 0.2) is 0 Å². The van der Waals surface area contributed by atoms with Gasteiger partial charge in [-0.15, -0.1) is 0 Å². The van der Waals surface area contributed by atoms with Crippen molar-refractivity contribution in [3.05, 3.63) is 0 Å². The maximum absolute atomic E-state index is 5.02. The molecule has 0 heterocycles. The molecule has 0 fully saturated rings. The van der Waals surface area contributed by atoms with Crippen molar-refractivity contribution in [2.75, 3.05) is 54.9 Å². The molecule has 0 bridgehead atoms. The molecule has 0 saturated carbocycles. The van der Waals surface area contributed by atoms with Crippen molar-refractivity contribution in [2.24, 2.45) is 0 Å². The molecule has 0 aromatic carbocycles. The van der Waals surface area contributed by atoms with Gasteiger partial charge in [-0.1, -0.05) is 0 Å². The molecule has 0 aliphatic rings. The molecule has 0 aliphatic heterocycles. The first-order valence-electron chi connectivity index (χ1n) is 4.40. The molecule has 0 rings (SSSR count). The van der Waals surface area contributed by atoms with Crippen LogP contribution in [0, 0.1) is 0 Å². The van der Waals surface area contributed by atoms with Gasteiger partial charge in [0.25, 0.3) is 0 Å². The zero-order valence-electron chi connectivity index (χ0n) is 10.4. The monoisotopic (exact) mass is 450 g/mol. The van der Waals surface area contributed by atoms with Crippen LogP contribution in [0.25, 0.3) is 0 Å². The van der Waals surface area contributed by atoms with Crippen molar-refractivity contribution in [3.63, 3.8) is 0 Å². The molecule has 0 aromatic heterocycles. The second-order valence-electron chi connectivity index (χ2n) is 2.32. The van der Waals surface area contributed by atoms with Crippen molar-refractivity contribution < 1.29 is 18.9 Å². The summed E-state index contributed by atoms with van der Waals surface area (Å²) in [5.74, 6) is 0. The average Bonchev–Trinajstić information content (AvgIpc) is 2.22. The molecule has 17 heavy (non-hydrogen) atoms. The second-order valence-corrected chi connectivity index (χ2v) is 23.1. The fourth-order valence-corrected chi connectivity index (χ4v) is 0.333. The Labute approximate surface area is 122 Å². The third kappa shape index (κ3) is 73.1. The van der Waals surface area contributed by atoms with E-state index in [1.807, 2.05) is 0 Å². The SMILES string of the molecule is COCCOC.COCCOC.Cl[Te](Cl)(Cl)Cl. The topological polar surface area (TPSA) is 36.9 Å². The van der Waals surface area contributed by atoms with Crippen molar-refractivity contribution in [3.8, 4) is 0 Å². The van der Waals surface area contributed by atoms with Gasteiger partial charge in [-0.3, -0.25) is 0 Å². The van der Waals surface area contributed by atoms with Crippen LogP contribution in [0.3, 0.4) is 0 Å². The average molecular weight is 450 g/mol. The fourth-order valence-electron chi connectivity index (χ4n) is 0.333. The first-order chi connectivity index (χ1) is 7.83. The summed E-state index contributed by atoms with van der Waals surface area (Å²) in [5.41, 5.74) is 0. The third-order valence-electron chi connectivity index (χ3n) is 0.983. The van der Waals surface area contributed by atoms with Crippen molar-refractivity contribution >= 4 is 49.6 Å². The Morgan fingerprint density at radius 1 is 0.588 bits per heavy atom. The normalized spacial score (nSPS) is 10.8. The number of rotatable bonds is 6. The van der Waals surface area contributed by atoms with Crippen LogP contribution in [-0.4, -0.2) is 68.6 Å². The van der Waals surface area contributed by atoms with Gasteiger partial charge < -0.3 is 18.9 Å². The van der Waals surface area contributed by atoms with E-state index in [1.54, 1.807) is 28.4 Å². The van der Waals surface area contributed by atoms with Crippen LogP contribution in [-0.2, 0) is 18.9 Å². The van der Waals surface area contributed by atoms with Crippen LogP contribution in [0.2, 0.25) is 0 Å². The van der Waals surface area contributed by atoms with Crippen molar-refractivity contribution in [1.82, 2.24) is 0 Å². The molecule has 0 amide bonds. The van der Waals surface area contributed by atoms with Crippen LogP contribution in [0.1, 0.15) is 0 Å². The summed E-state index contributed by atoms with van der Waals surface area (Å²) in [6, 6.07) is 0. The van der Waals surface area contributed by atoms with Gasteiger partial charge >= 0.3 is 49.6 Å². The number of halogens is 4. The molecular formula is C8H20Cl4O4Te. The molecule has 110 valence electrons. The zero-order valence-corrected chi connectivity index (χ0v) is 15.7. The second kappa shape index (κ2) is 20.1. The summed E-state index contributed by atoms with van der Waals surface area (Å²) in [6.07, 6.45) is 0. The van der Waals surface area contributed by atoms with Crippen molar-refractivity contribution in [1.29, 1.82) is 0 Å². The van der Waals surface area contributed by atoms with Gasteiger partial charge in [-0.2, -0.15) is 0 Å². The van der Waals surface area contributed by atoms with E-state index in [4.69, 9.17) is 35.9 Å². The number of hydrogen-bond donors (Lipinski definition) is 0. The number of methoxy groups -OCH3 is 4. The van der Waals surface area contributed by atoms with E-state index in [2.05, 4.69) is 18.9 Å². The summed E-state index contributed by atoms with van der Waals surface area (Å²) >= 11 is -3.13.